The molecule has 0 saturated carbocycles. The van der Waals surface area contributed by atoms with Gasteiger partial charge in [0.15, 0.2) is 0 Å². The van der Waals surface area contributed by atoms with Crippen molar-refractivity contribution in [2.24, 2.45) is 0 Å². The molecular formula is C11H16N4O2. The summed E-state index contributed by atoms with van der Waals surface area (Å²) in [6, 6.07) is 2.93. The lowest BCUT2D eigenvalue weighted by Gasteiger charge is -2.19. The predicted octanol–water partition coefficient (Wildman–Crippen LogP) is -0.206. The van der Waals surface area contributed by atoms with E-state index in [0.29, 0.717) is 22.8 Å². The number of nitrogen functional groups attached to an aromatic ring is 2. The van der Waals surface area contributed by atoms with Crippen LogP contribution in [-0.2, 0) is 4.79 Å². The van der Waals surface area contributed by atoms with Crippen molar-refractivity contribution in [3.05, 3.63) is 12.1 Å². The zero-order valence-electron chi connectivity index (χ0n) is 9.86. The second-order valence-electron chi connectivity index (χ2n) is 4.00. The second-order valence-corrected chi connectivity index (χ2v) is 4.00. The van der Waals surface area contributed by atoms with Crippen molar-refractivity contribution in [2.45, 2.75) is 6.04 Å². The number of likely N-dealkylation sites (N-methyl/N-ethyl adjacent to an activating group) is 2. The molecule has 92 valence electrons. The first kappa shape index (κ1) is 11.5. The summed E-state index contributed by atoms with van der Waals surface area (Å²) in [6.07, 6.45) is 0. The number of ether oxygens (including phenoxy) is 1. The Bertz CT molecular complexity index is 461. The summed E-state index contributed by atoms with van der Waals surface area (Å²) < 4.78 is 5.57. The predicted molar refractivity (Wildman–Crippen MR) is 67.0 cm³/mol. The Labute approximate surface area is 99.5 Å². The highest BCUT2D eigenvalue weighted by atomic mass is 16.5. The first-order chi connectivity index (χ1) is 8.04. The molecule has 0 radical (unpaired) electrons. The first-order valence-electron chi connectivity index (χ1n) is 5.31. The summed E-state index contributed by atoms with van der Waals surface area (Å²) in [5, 5.41) is 2.91. The third kappa shape index (κ3) is 1.87. The first-order valence-corrected chi connectivity index (χ1v) is 5.31. The number of fused-ring (bicyclic) bond motifs is 1. The largest absolute Gasteiger partial charge is 0.489 e. The lowest BCUT2D eigenvalue weighted by Crippen LogP contribution is -2.45. The van der Waals surface area contributed by atoms with Crippen LogP contribution in [0.4, 0.5) is 17.1 Å². The Morgan fingerprint density at radius 1 is 1.41 bits per heavy atom. The molecule has 1 aliphatic heterocycles. The molecule has 5 N–H and O–H groups in total. The van der Waals surface area contributed by atoms with Gasteiger partial charge in [-0.2, -0.15) is 0 Å². The highest BCUT2D eigenvalue weighted by molar-refractivity contribution is 5.99. The lowest BCUT2D eigenvalue weighted by atomic mass is 10.2. The average Bonchev–Trinajstić information content (AvgIpc) is 2.41. The summed E-state index contributed by atoms with van der Waals surface area (Å²) in [6.45, 7) is 0.274. The standard InChI is InChI=1S/C11H16N4O2/c1-14-8-5-17-10-4-7(13)6(12)3-9(10)15(2)11(8)16/h3-4,8,14H,5,12-13H2,1-2H3. The van der Waals surface area contributed by atoms with E-state index in [1.54, 1.807) is 26.2 Å². The van der Waals surface area contributed by atoms with Gasteiger partial charge in [-0.25, -0.2) is 0 Å². The Morgan fingerprint density at radius 2 is 2.06 bits per heavy atom. The van der Waals surface area contributed by atoms with Crippen LogP contribution in [-0.4, -0.2) is 32.7 Å². The lowest BCUT2D eigenvalue weighted by molar-refractivity contribution is -0.120. The molecule has 1 unspecified atom stereocenters. The normalized spacial score (nSPS) is 19.5. The number of nitrogens with zero attached hydrogens (tertiary/aromatic N) is 1. The van der Waals surface area contributed by atoms with Gasteiger partial charge < -0.3 is 26.4 Å². The quantitative estimate of drug-likeness (QED) is 0.587. The Balaban J connectivity index is 2.47. The number of rotatable bonds is 1. The molecule has 1 aromatic carbocycles. The maximum Gasteiger partial charge on any atom is 0.247 e. The second kappa shape index (κ2) is 4.14. The van der Waals surface area contributed by atoms with E-state index in [0.717, 1.165) is 0 Å². The molecular weight excluding hydrogens is 220 g/mol. The highest BCUT2D eigenvalue weighted by Gasteiger charge is 2.28. The van der Waals surface area contributed by atoms with E-state index in [1.165, 1.54) is 4.90 Å². The number of hydrogen-bond acceptors (Lipinski definition) is 5. The molecule has 2 rings (SSSR count). The van der Waals surface area contributed by atoms with Crippen LogP contribution >= 0.6 is 0 Å². The molecule has 1 amide bonds. The van der Waals surface area contributed by atoms with Crippen molar-refractivity contribution >= 4 is 23.0 Å². The van der Waals surface area contributed by atoms with Crippen LogP contribution < -0.4 is 26.4 Å². The van der Waals surface area contributed by atoms with Gasteiger partial charge in [-0.05, 0) is 13.1 Å². The van der Waals surface area contributed by atoms with Gasteiger partial charge in [-0.3, -0.25) is 4.79 Å². The summed E-state index contributed by atoms with van der Waals surface area (Å²) in [5.41, 5.74) is 13.0. The minimum Gasteiger partial charge on any atom is -0.489 e. The third-order valence-electron chi connectivity index (χ3n) is 2.91. The minimum atomic E-state index is -0.366. The van der Waals surface area contributed by atoms with Crippen LogP contribution in [0.1, 0.15) is 0 Å². The van der Waals surface area contributed by atoms with Crippen LogP contribution in [0.2, 0.25) is 0 Å². The van der Waals surface area contributed by atoms with Gasteiger partial charge in [-0.15, -0.1) is 0 Å². The van der Waals surface area contributed by atoms with Crippen LogP contribution in [0.25, 0.3) is 0 Å². The van der Waals surface area contributed by atoms with Gasteiger partial charge in [0.25, 0.3) is 0 Å². The molecule has 1 atom stereocenters. The summed E-state index contributed by atoms with van der Waals surface area (Å²) in [4.78, 5) is 13.6. The number of nitrogens with two attached hydrogens (primary N) is 2. The summed E-state index contributed by atoms with van der Waals surface area (Å²) in [5.74, 6) is 0.515. The maximum absolute atomic E-state index is 12.0. The third-order valence-corrected chi connectivity index (χ3v) is 2.91. The topological polar surface area (TPSA) is 93.6 Å². The zero-order chi connectivity index (χ0) is 12.6. The van der Waals surface area contributed by atoms with E-state index in [4.69, 9.17) is 16.2 Å². The molecule has 0 aromatic heterocycles. The van der Waals surface area contributed by atoms with E-state index in [2.05, 4.69) is 5.32 Å². The Morgan fingerprint density at radius 3 is 2.71 bits per heavy atom. The minimum absolute atomic E-state index is 0.0598. The monoisotopic (exact) mass is 236 g/mol. The van der Waals surface area contributed by atoms with Crippen molar-refractivity contribution in [2.75, 3.05) is 37.1 Å². The van der Waals surface area contributed by atoms with Gasteiger partial charge >= 0.3 is 0 Å². The van der Waals surface area contributed by atoms with Crippen LogP contribution in [0.15, 0.2) is 12.1 Å². The van der Waals surface area contributed by atoms with Gasteiger partial charge in [0, 0.05) is 13.1 Å². The average molecular weight is 236 g/mol. The number of carbonyl (C=O) groups excluding carboxylic acids is 1. The van der Waals surface area contributed by atoms with Crippen LogP contribution in [0, 0.1) is 0 Å². The molecule has 0 fully saturated rings. The van der Waals surface area contributed by atoms with E-state index in [1.807, 2.05) is 0 Å². The van der Waals surface area contributed by atoms with Crippen molar-refractivity contribution < 1.29 is 9.53 Å². The molecule has 1 aromatic rings. The molecule has 1 aliphatic rings. The molecule has 0 aliphatic carbocycles. The number of carbonyl (C=O) groups is 1. The SMILES string of the molecule is CNC1COc2cc(N)c(N)cc2N(C)C1=O. The van der Waals surface area contributed by atoms with Crippen molar-refractivity contribution in [3.63, 3.8) is 0 Å². The van der Waals surface area contributed by atoms with Gasteiger partial charge in [0.1, 0.15) is 18.4 Å². The number of benzene rings is 1. The molecule has 0 bridgehead atoms. The van der Waals surface area contributed by atoms with E-state index in [9.17, 15) is 4.79 Å². The van der Waals surface area contributed by atoms with E-state index >= 15 is 0 Å². The molecule has 0 saturated heterocycles. The zero-order valence-corrected chi connectivity index (χ0v) is 9.86. The Hall–Kier alpha value is -1.95. The van der Waals surface area contributed by atoms with Gasteiger partial charge in [0.2, 0.25) is 5.91 Å². The molecule has 1 heterocycles. The van der Waals surface area contributed by atoms with E-state index in [-0.39, 0.29) is 18.6 Å². The summed E-state index contributed by atoms with van der Waals surface area (Å²) in [7, 11) is 3.41. The fourth-order valence-corrected chi connectivity index (χ4v) is 1.78. The smallest absolute Gasteiger partial charge is 0.247 e. The number of nitrogens with one attached hydrogen (secondary N) is 1. The molecule has 0 spiro atoms. The Kier molecular flexibility index (Phi) is 2.81. The highest BCUT2D eigenvalue weighted by Crippen LogP contribution is 2.35. The molecule has 6 heteroatoms. The molecule has 17 heavy (non-hydrogen) atoms. The fourth-order valence-electron chi connectivity index (χ4n) is 1.78. The van der Waals surface area contributed by atoms with Crippen molar-refractivity contribution in [3.8, 4) is 5.75 Å². The molecule has 6 nitrogen and oxygen atoms in total. The van der Waals surface area contributed by atoms with Gasteiger partial charge in [-0.1, -0.05) is 0 Å². The van der Waals surface area contributed by atoms with Crippen LogP contribution in [0.3, 0.4) is 0 Å². The number of anilines is 3. The van der Waals surface area contributed by atoms with Crippen molar-refractivity contribution in [1.82, 2.24) is 5.32 Å². The fraction of sp³-hybridized carbons (Fsp3) is 0.364. The maximum atomic E-state index is 12.0. The van der Waals surface area contributed by atoms with E-state index < -0.39 is 0 Å². The number of hydrogen-bond donors (Lipinski definition) is 3. The van der Waals surface area contributed by atoms with Crippen molar-refractivity contribution in [1.29, 1.82) is 0 Å². The summed E-state index contributed by atoms with van der Waals surface area (Å²) >= 11 is 0. The number of amides is 1. The van der Waals surface area contributed by atoms with Crippen LogP contribution in [0.5, 0.6) is 5.75 Å². The van der Waals surface area contributed by atoms with Gasteiger partial charge in [0.05, 0.1) is 17.1 Å².